The molecule has 0 spiro atoms. The van der Waals surface area contributed by atoms with E-state index in [0.29, 0.717) is 33.0 Å². The lowest BCUT2D eigenvalue weighted by Crippen LogP contribution is -2.21. The van der Waals surface area contributed by atoms with E-state index in [2.05, 4.69) is 10.3 Å². The van der Waals surface area contributed by atoms with Crippen LogP contribution in [0.3, 0.4) is 0 Å². The first-order chi connectivity index (χ1) is 13.9. The number of fused-ring (bicyclic) bond motifs is 2. The van der Waals surface area contributed by atoms with Gasteiger partial charge in [0.2, 0.25) is 0 Å². The number of benzene rings is 1. The Labute approximate surface area is 179 Å². The number of amides is 1. The molecule has 1 aliphatic rings. The van der Waals surface area contributed by atoms with Crippen LogP contribution in [-0.2, 0) is 22.5 Å². The van der Waals surface area contributed by atoms with Crippen LogP contribution in [-0.4, -0.2) is 28.0 Å². The van der Waals surface area contributed by atoms with Gasteiger partial charge >= 0.3 is 5.97 Å². The number of nitrogens with one attached hydrogen (secondary N) is 1. The molecule has 0 unspecified atom stereocenters. The van der Waals surface area contributed by atoms with E-state index in [1.807, 2.05) is 0 Å². The molecule has 0 atom stereocenters. The van der Waals surface area contributed by atoms with Crippen molar-refractivity contribution in [3.8, 4) is 0 Å². The summed E-state index contributed by atoms with van der Waals surface area (Å²) in [5.41, 5.74) is 0.710. The summed E-state index contributed by atoms with van der Waals surface area (Å²) in [6.45, 7) is 1.82. The highest BCUT2D eigenvalue weighted by atomic mass is 35.5. The Morgan fingerprint density at radius 2 is 2.14 bits per heavy atom. The second-order valence-corrected chi connectivity index (χ2v) is 8.33. The molecule has 0 fully saturated rings. The summed E-state index contributed by atoms with van der Waals surface area (Å²) >= 11 is 13.0. The van der Waals surface area contributed by atoms with Crippen LogP contribution in [0.15, 0.2) is 23.0 Å². The Morgan fingerprint density at radius 1 is 1.34 bits per heavy atom. The smallest absolute Gasteiger partial charge is 0.349 e. The number of thiophene rings is 1. The molecule has 7 nitrogen and oxygen atoms in total. The number of halogens is 2. The van der Waals surface area contributed by atoms with Gasteiger partial charge in [-0.1, -0.05) is 29.3 Å². The van der Waals surface area contributed by atoms with Gasteiger partial charge in [-0.25, -0.2) is 9.78 Å². The maximum atomic E-state index is 12.7. The largest absolute Gasteiger partial charge is 0.451 e. The number of esters is 1. The first-order valence-corrected chi connectivity index (χ1v) is 10.4. The molecule has 0 saturated heterocycles. The number of nitrogens with zero attached hydrogens (tertiary/aromatic N) is 2. The van der Waals surface area contributed by atoms with E-state index in [1.165, 1.54) is 0 Å². The van der Waals surface area contributed by atoms with E-state index in [-0.39, 0.29) is 15.5 Å². The summed E-state index contributed by atoms with van der Waals surface area (Å²) < 4.78 is 6.78. The average molecular weight is 452 g/mol. The lowest BCUT2D eigenvalue weighted by Gasteiger charge is -2.08. The summed E-state index contributed by atoms with van der Waals surface area (Å²) in [5, 5.41) is 3.48. The van der Waals surface area contributed by atoms with Crippen molar-refractivity contribution in [2.75, 3.05) is 11.9 Å². The van der Waals surface area contributed by atoms with Crippen molar-refractivity contribution in [2.24, 2.45) is 0 Å². The minimum absolute atomic E-state index is 0.136. The van der Waals surface area contributed by atoms with E-state index in [0.717, 1.165) is 30.0 Å². The number of ether oxygens (including phenoxy) is 1. The van der Waals surface area contributed by atoms with Gasteiger partial charge in [-0.2, -0.15) is 0 Å². The monoisotopic (exact) mass is 451 g/mol. The average Bonchev–Trinajstić information content (AvgIpc) is 3.29. The molecule has 0 radical (unpaired) electrons. The van der Waals surface area contributed by atoms with Crippen LogP contribution >= 0.6 is 34.5 Å². The van der Waals surface area contributed by atoms with Crippen molar-refractivity contribution in [1.29, 1.82) is 0 Å². The Kier molecular flexibility index (Phi) is 5.33. The Morgan fingerprint density at radius 3 is 2.93 bits per heavy atom. The van der Waals surface area contributed by atoms with Gasteiger partial charge in [0.1, 0.15) is 15.5 Å². The van der Waals surface area contributed by atoms with Gasteiger partial charge in [0, 0.05) is 13.0 Å². The molecule has 29 heavy (non-hydrogen) atoms. The third-order valence-corrected chi connectivity index (χ3v) is 6.64. The molecule has 3 heterocycles. The second kappa shape index (κ2) is 7.78. The first-order valence-electron chi connectivity index (χ1n) is 8.80. The molecule has 10 heteroatoms. The van der Waals surface area contributed by atoms with Crippen molar-refractivity contribution in [3.05, 3.63) is 54.9 Å². The van der Waals surface area contributed by atoms with Crippen LogP contribution in [0.25, 0.3) is 10.2 Å². The van der Waals surface area contributed by atoms with Crippen LogP contribution in [0.2, 0.25) is 10.0 Å². The number of aryl methyl sites for hydroxylation is 2. The summed E-state index contributed by atoms with van der Waals surface area (Å²) in [6.07, 6.45) is 1.63. The van der Waals surface area contributed by atoms with Crippen LogP contribution < -0.4 is 10.9 Å². The maximum Gasteiger partial charge on any atom is 0.349 e. The number of carbonyl (C=O) groups excluding carboxylic acids is 2. The number of hydrogen-bond donors (Lipinski definition) is 1. The van der Waals surface area contributed by atoms with E-state index in [4.69, 9.17) is 27.9 Å². The number of carbonyl (C=O) groups is 2. The maximum absolute atomic E-state index is 12.7. The van der Waals surface area contributed by atoms with Gasteiger partial charge in [-0.3, -0.25) is 14.2 Å². The van der Waals surface area contributed by atoms with Crippen LogP contribution in [0.1, 0.15) is 27.5 Å². The SMILES string of the molecule is Cc1c(C(=O)OCC(=O)Nc2cccc(Cl)c2Cl)sc2nc3n(c(=O)c12)CCC3. The van der Waals surface area contributed by atoms with Gasteiger partial charge < -0.3 is 10.1 Å². The first kappa shape index (κ1) is 19.9. The van der Waals surface area contributed by atoms with Gasteiger partial charge in [0.25, 0.3) is 11.5 Å². The minimum atomic E-state index is -0.678. The standard InChI is InChI=1S/C19H15Cl2N3O4S/c1-9-14-17(23-12-6-3-7-24(12)18(14)26)29-16(9)19(27)28-8-13(25)22-11-5-2-4-10(20)15(11)21/h2,4-5H,3,6-8H2,1H3,(H,22,25). The molecule has 0 bridgehead atoms. The van der Waals surface area contributed by atoms with E-state index < -0.39 is 18.5 Å². The highest BCUT2D eigenvalue weighted by molar-refractivity contribution is 7.20. The molecule has 1 aliphatic heterocycles. The zero-order valence-corrected chi connectivity index (χ0v) is 17.6. The molecule has 3 aromatic rings. The summed E-state index contributed by atoms with van der Waals surface area (Å²) in [4.78, 5) is 42.6. The highest BCUT2D eigenvalue weighted by Crippen LogP contribution is 2.30. The normalized spacial score (nSPS) is 12.8. The van der Waals surface area contributed by atoms with E-state index in [1.54, 1.807) is 29.7 Å². The predicted molar refractivity (Wildman–Crippen MR) is 112 cm³/mol. The lowest BCUT2D eigenvalue weighted by molar-refractivity contribution is -0.119. The molecule has 2 aromatic heterocycles. The Hall–Kier alpha value is -2.42. The van der Waals surface area contributed by atoms with Crippen LogP contribution in [0, 0.1) is 6.92 Å². The number of anilines is 1. The Balaban J connectivity index is 1.50. The van der Waals surface area contributed by atoms with Crippen molar-refractivity contribution in [3.63, 3.8) is 0 Å². The fourth-order valence-electron chi connectivity index (χ4n) is 3.25. The van der Waals surface area contributed by atoms with Gasteiger partial charge in [0.05, 0.1) is 21.1 Å². The molecular formula is C19H15Cl2N3O4S. The third kappa shape index (κ3) is 3.63. The molecule has 1 N–H and O–H groups in total. The third-order valence-electron chi connectivity index (χ3n) is 4.66. The van der Waals surface area contributed by atoms with Crippen molar-refractivity contribution in [2.45, 2.75) is 26.3 Å². The van der Waals surface area contributed by atoms with Gasteiger partial charge in [0.15, 0.2) is 6.61 Å². The van der Waals surface area contributed by atoms with Crippen LogP contribution in [0.4, 0.5) is 5.69 Å². The predicted octanol–water partition coefficient (Wildman–Crippen LogP) is 3.81. The minimum Gasteiger partial charge on any atom is -0.451 e. The summed E-state index contributed by atoms with van der Waals surface area (Å²) in [7, 11) is 0. The lowest BCUT2D eigenvalue weighted by atomic mass is 10.2. The quantitative estimate of drug-likeness (QED) is 0.608. The molecule has 0 aliphatic carbocycles. The second-order valence-electron chi connectivity index (χ2n) is 6.55. The molecule has 150 valence electrons. The zero-order valence-electron chi connectivity index (χ0n) is 15.3. The molecule has 0 saturated carbocycles. The zero-order chi connectivity index (χ0) is 20.7. The number of aromatic nitrogens is 2. The highest BCUT2D eigenvalue weighted by Gasteiger charge is 2.24. The fourth-order valence-corrected chi connectivity index (χ4v) is 4.69. The van der Waals surface area contributed by atoms with Gasteiger partial charge in [-0.05, 0) is 31.0 Å². The van der Waals surface area contributed by atoms with Crippen LogP contribution in [0.5, 0.6) is 0 Å². The molecule has 4 rings (SSSR count). The number of hydrogen-bond acceptors (Lipinski definition) is 6. The fraction of sp³-hybridized carbons (Fsp3) is 0.263. The topological polar surface area (TPSA) is 90.3 Å². The summed E-state index contributed by atoms with van der Waals surface area (Å²) in [6, 6.07) is 4.82. The Bertz CT molecular complexity index is 1220. The van der Waals surface area contributed by atoms with Crippen molar-refractivity contribution < 1.29 is 14.3 Å². The van der Waals surface area contributed by atoms with E-state index >= 15 is 0 Å². The summed E-state index contributed by atoms with van der Waals surface area (Å²) in [5.74, 6) is -0.498. The molecule has 1 amide bonds. The molecule has 1 aromatic carbocycles. The van der Waals surface area contributed by atoms with Crippen molar-refractivity contribution in [1.82, 2.24) is 9.55 Å². The van der Waals surface area contributed by atoms with Crippen molar-refractivity contribution >= 4 is 62.3 Å². The van der Waals surface area contributed by atoms with E-state index in [9.17, 15) is 14.4 Å². The van der Waals surface area contributed by atoms with Gasteiger partial charge in [-0.15, -0.1) is 11.3 Å². The number of rotatable bonds is 4. The molecular weight excluding hydrogens is 437 g/mol.